The third kappa shape index (κ3) is 6.53. The van der Waals surface area contributed by atoms with Crippen LogP contribution in [0.3, 0.4) is 0 Å². The molecule has 0 fully saturated rings. The Bertz CT molecular complexity index is 101. The maximum atomic E-state index is 8.57. The summed E-state index contributed by atoms with van der Waals surface area (Å²) in [5, 5.41) is 0. The molecule has 0 radical (unpaired) electrons. The molecule has 0 spiro atoms. The van der Waals surface area contributed by atoms with Crippen molar-refractivity contribution in [3.05, 3.63) is 0 Å². The van der Waals surface area contributed by atoms with Crippen LogP contribution in [0.25, 0.3) is 0 Å². The molecule has 3 nitrogen and oxygen atoms in total. The molecule has 4 N–H and O–H groups in total. The molecular formula is C3H10NO2PS. The second-order valence-corrected chi connectivity index (χ2v) is 5.06. The summed E-state index contributed by atoms with van der Waals surface area (Å²) in [5.74, 6) is 0. The van der Waals surface area contributed by atoms with E-state index >= 15 is 0 Å². The molecule has 0 saturated heterocycles. The Morgan fingerprint density at radius 1 is 1.50 bits per heavy atom. The van der Waals surface area contributed by atoms with Crippen LogP contribution in [0.4, 0.5) is 0 Å². The van der Waals surface area contributed by atoms with Crippen LogP contribution in [0, 0.1) is 0 Å². The summed E-state index contributed by atoms with van der Waals surface area (Å²) in [6.07, 6.45) is 0.878. The van der Waals surface area contributed by atoms with Crippen molar-refractivity contribution in [1.29, 1.82) is 0 Å². The lowest BCUT2D eigenvalue weighted by molar-refractivity contribution is 0.477. The Balaban J connectivity index is 3.26. The van der Waals surface area contributed by atoms with Gasteiger partial charge in [-0.3, -0.25) is 0 Å². The van der Waals surface area contributed by atoms with Crippen molar-refractivity contribution in [3.63, 3.8) is 0 Å². The summed E-state index contributed by atoms with van der Waals surface area (Å²) in [4.78, 5) is 17.1. The van der Waals surface area contributed by atoms with Gasteiger partial charge in [0.15, 0.2) is 6.49 Å². The molecule has 0 saturated carbocycles. The second kappa shape index (κ2) is 3.54. The van der Waals surface area contributed by atoms with E-state index in [1.807, 2.05) is 0 Å². The van der Waals surface area contributed by atoms with Crippen LogP contribution in [-0.4, -0.2) is 22.5 Å². The maximum absolute atomic E-state index is 8.57. The Hall–Kier alpha value is 0.530. The van der Waals surface area contributed by atoms with Crippen LogP contribution in [0.2, 0.25) is 0 Å². The normalized spacial score (nSPS) is 11.9. The zero-order valence-corrected chi connectivity index (χ0v) is 6.16. The standard InChI is InChI=1S/C3H10NO2PS/c4-2-1-3-7(5,6)8/h1-4H2,(H2,5,6,8). The van der Waals surface area contributed by atoms with E-state index in [-0.39, 0.29) is 6.16 Å². The first-order chi connectivity index (χ1) is 3.56. The maximum Gasteiger partial charge on any atom is 0.183 e. The van der Waals surface area contributed by atoms with E-state index in [1.54, 1.807) is 0 Å². The van der Waals surface area contributed by atoms with Gasteiger partial charge in [-0.05, 0) is 24.8 Å². The minimum atomic E-state index is -2.93. The minimum absolute atomic E-state index is 0.277. The van der Waals surface area contributed by atoms with Gasteiger partial charge >= 0.3 is 0 Å². The summed E-state index contributed by atoms with van der Waals surface area (Å²) in [6, 6.07) is 0. The van der Waals surface area contributed by atoms with Gasteiger partial charge in [-0.2, -0.15) is 0 Å². The summed E-state index contributed by atoms with van der Waals surface area (Å²) in [7, 11) is 0. The second-order valence-electron chi connectivity index (χ2n) is 1.53. The molecule has 0 amide bonds. The molecule has 0 atom stereocenters. The highest BCUT2D eigenvalue weighted by Crippen LogP contribution is 2.34. The van der Waals surface area contributed by atoms with Crippen LogP contribution in [0.5, 0.6) is 0 Å². The number of hydrogen-bond acceptors (Lipinski definition) is 2. The average molecular weight is 155 g/mol. The fourth-order valence-electron chi connectivity index (χ4n) is 0.297. The molecule has 0 aromatic carbocycles. The lowest BCUT2D eigenvalue weighted by atomic mass is 10.5. The van der Waals surface area contributed by atoms with Crippen LogP contribution in [0.15, 0.2) is 0 Å². The van der Waals surface area contributed by atoms with Crippen molar-refractivity contribution >= 4 is 18.3 Å². The highest BCUT2D eigenvalue weighted by molar-refractivity contribution is 8.09. The summed E-state index contributed by atoms with van der Waals surface area (Å²) < 4.78 is 0. The molecule has 0 aliphatic carbocycles. The first-order valence-corrected chi connectivity index (χ1v) is 5.20. The Morgan fingerprint density at radius 2 is 2.00 bits per heavy atom. The van der Waals surface area contributed by atoms with Crippen LogP contribution in [-0.2, 0) is 11.8 Å². The van der Waals surface area contributed by atoms with E-state index in [0.29, 0.717) is 13.0 Å². The highest BCUT2D eigenvalue weighted by Gasteiger charge is 2.03. The van der Waals surface area contributed by atoms with Crippen molar-refractivity contribution in [2.24, 2.45) is 5.73 Å². The van der Waals surface area contributed by atoms with E-state index < -0.39 is 6.49 Å². The largest absolute Gasteiger partial charge is 0.345 e. The number of rotatable bonds is 3. The van der Waals surface area contributed by atoms with Crippen molar-refractivity contribution in [2.45, 2.75) is 6.42 Å². The molecule has 8 heavy (non-hydrogen) atoms. The molecule has 0 aromatic rings. The van der Waals surface area contributed by atoms with Crippen molar-refractivity contribution in [2.75, 3.05) is 12.7 Å². The molecule has 0 rings (SSSR count). The quantitative estimate of drug-likeness (QED) is 0.486. The molecule has 50 valence electrons. The Labute approximate surface area is 53.7 Å². The SMILES string of the molecule is NCCCP(O)(O)=S. The van der Waals surface area contributed by atoms with E-state index in [2.05, 4.69) is 11.8 Å². The van der Waals surface area contributed by atoms with E-state index in [1.165, 1.54) is 0 Å². The van der Waals surface area contributed by atoms with Gasteiger partial charge in [0.2, 0.25) is 0 Å². The van der Waals surface area contributed by atoms with Gasteiger partial charge in [0.1, 0.15) is 0 Å². The molecule has 0 unspecified atom stereocenters. The topological polar surface area (TPSA) is 66.5 Å². The van der Waals surface area contributed by atoms with Gasteiger partial charge in [-0.15, -0.1) is 0 Å². The molecule has 0 bridgehead atoms. The van der Waals surface area contributed by atoms with E-state index in [9.17, 15) is 0 Å². The highest BCUT2D eigenvalue weighted by atomic mass is 32.5. The monoisotopic (exact) mass is 155 g/mol. The predicted octanol–water partition coefficient (Wildman–Crippen LogP) is -0.371. The number of nitrogens with two attached hydrogens (primary N) is 1. The van der Waals surface area contributed by atoms with Gasteiger partial charge in [0.05, 0.1) is 0 Å². The summed E-state index contributed by atoms with van der Waals surface area (Å²) in [6.45, 7) is -2.46. The van der Waals surface area contributed by atoms with Crippen molar-refractivity contribution in [1.82, 2.24) is 0 Å². The van der Waals surface area contributed by atoms with Gasteiger partial charge in [-0.1, -0.05) is 0 Å². The van der Waals surface area contributed by atoms with Crippen LogP contribution >= 0.6 is 6.49 Å². The van der Waals surface area contributed by atoms with Crippen LogP contribution < -0.4 is 5.73 Å². The lowest BCUT2D eigenvalue weighted by Crippen LogP contribution is -2.01. The fourth-order valence-corrected chi connectivity index (χ4v) is 1.28. The van der Waals surface area contributed by atoms with Gasteiger partial charge in [0, 0.05) is 6.16 Å². The van der Waals surface area contributed by atoms with E-state index in [0.717, 1.165) is 0 Å². The molecule has 0 aromatic heterocycles. The average Bonchev–Trinajstić information content (AvgIpc) is 1.59. The van der Waals surface area contributed by atoms with E-state index in [4.69, 9.17) is 15.5 Å². The van der Waals surface area contributed by atoms with Crippen LogP contribution in [0.1, 0.15) is 6.42 Å². The van der Waals surface area contributed by atoms with Gasteiger partial charge in [-0.25, -0.2) is 0 Å². The third-order valence-electron chi connectivity index (χ3n) is 0.654. The Kier molecular flexibility index (Phi) is 3.77. The summed E-state index contributed by atoms with van der Waals surface area (Å²) in [5.41, 5.74) is 5.08. The van der Waals surface area contributed by atoms with Crippen molar-refractivity contribution in [3.8, 4) is 0 Å². The molecular weight excluding hydrogens is 145 g/mol. The van der Waals surface area contributed by atoms with Gasteiger partial charge < -0.3 is 15.5 Å². The molecule has 0 aliphatic heterocycles. The van der Waals surface area contributed by atoms with Gasteiger partial charge in [0.25, 0.3) is 0 Å². The van der Waals surface area contributed by atoms with Crippen molar-refractivity contribution < 1.29 is 9.79 Å². The minimum Gasteiger partial charge on any atom is -0.345 e. The third-order valence-corrected chi connectivity index (χ3v) is 2.10. The molecule has 0 aliphatic rings. The Morgan fingerprint density at radius 3 is 2.12 bits per heavy atom. The predicted molar refractivity (Wildman–Crippen MR) is 37.3 cm³/mol. The zero-order valence-electron chi connectivity index (χ0n) is 4.45. The number of hydrogen-bond donors (Lipinski definition) is 3. The smallest absolute Gasteiger partial charge is 0.183 e. The molecule has 5 heteroatoms. The molecule has 0 heterocycles. The lowest BCUT2D eigenvalue weighted by Gasteiger charge is -2.03. The fraction of sp³-hybridized carbons (Fsp3) is 1.00. The zero-order chi connectivity index (χ0) is 6.62. The summed E-state index contributed by atoms with van der Waals surface area (Å²) >= 11 is 4.32. The first-order valence-electron chi connectivity index (χ1n) is 2.31. The first kappa shape index (κ1) is 8.53.